The van der Waals surface area contributed by atoms with Crippen LogP contribution in [-0.2, 0) is 4.79 Å². The molecule has 3 saturated heterocycles. The van der Waals surface area contributed by atoms with Gasteiger partial charge >= 0.3 is 6.03 Å². The smallest absolute Gasteiger partial charge is 0.320 e. The third-order valence-corrected chi connectivity index (χ3v) is 8.73. The van der Waals surface area contributed by atoms with E-state index in [2.05, 4.69) is 32.7 Å². The van der Waals surface area contributed by atoms with Gasteiger partial charge in [0.2, 0.25) is 0 Å². The van der Waals surface area contributed by atoms with Crippen LogP contribution < -0.4 is 27.8 Å². The van der Waals surface area contributed by atoms with E-state index in [9.17, 15) is 9.59 Å². The van der Waals surface area contributed by atoms with Gasteiger partial charge in [-0.05, 0) is 75.2 Å². The minimum Gasteiger partial charge on any atom is -0.391 e. The molecule has 0 spiro atoms. The maximum atomic E-state index is 13.2. The minimum atomic E-state index is -0.772. The molecular formula is C28H43N9O2. The van der Waals surface area contributed by atoms with Crippen LogP contribution in [0.5, 0.6) is 0 Å². The van der Waals surface area contributed by atoms with Crippen molar-refractivity contribution < 1.29 is 9.59 Å². The van der Waals surface area contributed by atoms with Gasteiger partial charge in [-0.1, -0.05) is 25.0 Å². The van der Waals surface area contributed by atoms with Crippen LogP contribution in [0.1, 0.15) is 62.8 Å². The highest BCUT2D eigenvalue weighted by Crippen LogP contribution is 2.29. The van der Waals surface area contributed by atoms with Gasteiger partial charge in [0.05, 0.1) is 6.04 Å². The van der Waals surface area contributed by atoms with Gasteiger partial charge < -0.3 is 42.5 Å². The molecule has 0 radical (unpaired) electrons. The van der Waals surface area contributed by atoms with Gasteiger partial charge in [0.15, 0.2) is 11.8 Å². The lowest BCUT2D eigenvalue weighted by Gasteiger charge is -2.38. The lowest BCUT2D eigenvalue weighted by atomic mass is 9.90. The number of nitrogens with one attached hydrogen (secondary N) is 2. The molecule has 1 aromatic carbocycles. The maximum absolute atomic E-state index is 13.2. The van der Waals surface area contributed by atoms with E-state index in [1.165, 1.54) is 18.4 Å². The number of guanidine groups is 1. The lowest BCUT2D eigenvalue weighted by Crippen LogP contribution is -2.53. The number of primary amides is 1. The number of likely N-dealkylation sites (tertiary alicyclic amines) is 1. The predicted octanol–water partition coefficient (Wildman–Crippen LogP) is 1.64. The number of hydrogen-bond donors (Lipinski definition) is 5. The van der Waals surface area contributed by atoms with Crippen LogP contribution in [-0.4, -0.2) is 83.9 Å². The molecule has 1 aromatic rings. The summed E-state index contributed by atoms with van der Waals surface area (Å²) in [5, 5.41) is 6.54. The fourth-order valence-corrected chi connectivity index (χ4v) is 6.47. The number of anilines is 1. The average molecular weight is 538 g/mol. The van der Waals surface area contributed by atoms with E-state index in [1.54, 1.807) is 0 Å². The average Bonchev–Trinajstić information content (AvgIpc) is 3.63. The van der Waals surface area contributed by atoms with Crippen molar-refractivity contribution in [2.45, 2.75) is 69.4 Å². The highest BCUT2D eigenvalue weighted by molar-refractivity contribution is 5.93. The summed E-state index contributed by atoms with van der Waals surface area (Å²) in [6.07, 6.45) is 8.70. The molecule has 0 aromatic heterocycles. The Morgan fingerprint density at radius 3 is 2.18 bits per heavy atom. The molecule has 39 heavy (non-hydrogen) atoms. The van der Waals surface area contributed by atoms with Crippen LogP contribution in [0.15, 0.2) is 40.8 Å². The van der Waals surface area contributed by atoms with Gasteiger partial charge in [0.1, 0.15) is 5.70 Å². The molecule has 8 N–H and O–H groups in total. The zero-order valence-electron chi connectivity index (χ0n) is 22.8. The molecule has 3 aliphatic heterocycles. The Hall–Kier alpha value is -3.47. The van der Waals surface area contributed by atoms with Crippen LogP contribution in [0.3, 0.4) is 0 Å². The monoisotopic (exact) mass is 537 g/mol. The molecule has 212 valence electrons. The van der Waals surface area contributed by atoms with E-state index < -0.39 is 5.91 Å². The van der Waals surface area contributed by atoms with Crippen molar-refractivity contribution >= 4 is 23.6 Å². The second kappa shape index (κ2) is 12.1. The molecule has 1 aliphatic carbocycles. The number of nitrogens with two attached hydrogens (primary N) is 3. The van der Waals surface area contributed by atoms with Gasteiger partial charge in [-0.15, -0.1) is 0 Å². The van der Waals surface area contributed by atoms with Crippen molar-refractivity contribution in [3.05, 3.63) is 41.3 Å². The summed E-state index contributed by atoms with van der Waals surface area (Å²) < 4.78 is 0. The van der Waals surface area contributed by atoms with E-state index in [4.69, 9.17) is 17.2 Å². The highest BCUT2D eigenvalue weighted by atomic mass is 16.2. The largest absolute Gasteiger partial charge is 0.391 e. The van der Waals surface area contributed by atoms with E-state index in [0.717, 1.165) is 76.9 Å². The highest BCUT2D eigenvalue weighted by Gasteiger charge is 2.39. The number of aliphatic imine (C=N–C) groups is 1. The van der Waals surface area contributed by atoms with E-state index >= 15 is 0 Å². The van der Waals surface area contributed by atoms with Crippen LogP contribution in [0.4, 0.5) is 10.5 Å². The SMILES string of the molecule is NC(=O)/C(N)=C(/N=C(\N)N1CCCC(N2CCN(C3CCCC3)C2=O)C1)Nc1ccc(C2CCNCC2)cc1. The number of amides is 3. The molecule has 11 nitrogen and oxygen atoms in total. The van der Waals surface area contributed by atoms with Gasteiger partial charge in [-0.2, -0.15) is 4.99 Å². The number of carbonyl (C=O) groups is 2. The second-order valence-electron chi connectivity index (χ2n) is 11.2. The zero-order valence-corrected chi connectivity index (χ0v) is 22.8. The first-order chi connectivity index (χ1) is 18.9. The Balaban J connectivity index is 1.26. The van der Waals surface area contributed by atoms with Crippen LogP contribution in [0, 0.1) is 0 Å². The van der Waals surface area contributed by atoms with Crippen molar-refractivity contribution in [2.24, 2.45) is 22.2 Å². The van der Waals surface area contributed by atoms with Crippen molar-refractivity contribution in [3.63, 3.8) is 0 Å². The number of piperidine rings is 2. The Kier molecular flexibility index (Phi) is 8.44. The van der Waals surface area contributed by atoms with Gasteiger partial charge in [-0.25, -0.2) is 4.79 Å². The summed E-state index contributed by atoms with van der Waals surface area (Å²) in [6.45, 7) is 4.92. The number of hydrogen-bond acceptors (Lipinski definition) is 6. The summed E-state index contributed by atoms with van der Waals surface area (Å²) in [5.41, 5.74) is 19.9. The molecule has 1 unspecified atom stereocenters. The Morgan fingerprint density at radius 1 is 0.872 bits per heavy atom. The zero-order chi connectivity index (χ0) is 27.4. The fraction of sp³-hybridized carbons (Fsp3) is 0.607. The number of benzene rings is 1. The molecule has 3 heterocycles. The second-order valence-corrected chi connectivity index (χ2v) is 11.2. The number of urea groups is 1. The van der Waals surface area contributed by atoms with Crippen molar-refractivity contribution in [1.29, 1.82) is 0 Å². The van der Waals surface area contributed by atoms with Crippen molar-refractivity contribution in [1.82, 2.24) is 20.0 Å². The molecule has 5 rings (SSSR count). The summed E-state index contributed by atoms with van der Waals surface area (Å²) in [6, 6.07) is 8.73. The summed E-state index contributed by atoms with van der Waals surface area (Å²) in [5.74, 6) is 0.143. The lowest BCUT2D eigenvalue weighted by molar-refractivity contribution is -0.114. The molecule has 1 atom stereocenters. The van der Waals surface area contributed by atoms with Gasteiger partial charge in [0.25, 0.3) is 5.91 Å². The first-order valence-electron chi connectivity index (χ1n) is 14.4. The molecule has 4 aliphatic rings. The number of rotatable bonds is 7. The molecule has 0 bridgehead atoms. The minimum absolute atomic E-state index is 0.0720. The first-order valence-corrected chi connectivity index (χ1v) is 14.4. The van der Waals surface area contributed by atoms with E-state index in [0.29, 0.717) is 18.5 Å². The van der Waals surface area contributed by atoms with Crippen LogP contribution >= 0.6 is 0 Å². The summed E-state index contributed by atoms with van der Waals surface area (Å²) >= 11 is 0. The van der Waals surface area contributed by atoms with Crippen molar-refractivity contribution in [2.75, 3.05) is 44.6 Å². The maximum Gasteiger partial charge on any atom is 0.320 e. The van der Waals surface area contributed by atoms with Gasteiger partial charge in [0, 0.05) is 37.9 Å². The number of nitrogens with zero attached hydrogens (tertiary/aromatic N) is 4. The van der Waals surface area contributed by atoms with E-state index in [-0.39, 0.29) is 29.6 Å². The Labute approximate surface area is 230 Å². The van der Waals surface area contributed by atoms with Crippen molar-refractivity contribution in [3.8, 4) is 0 Å². The third kappa shape index (κ3) is 6.24. The Morgan fingerprint density at radius 2 is 1.51 bits per heavy atom. The number of carbonyl (C=O) groups excluding carboxylic acids is 2. The standard InChI is InChI=1S/C28H43N9O2/c29-24(25(30)38)26(33-21-9-7-19(8-10-21)20-11-13-32-14-12-20)34-27(31)35-15-3-6-23(18-35)37-17-16-36(28(37)39)22-4-1-2-5-22/h7-10,20,22-23,32-33H,1-6,11-18,29H2,(H2,30,38)(H2,31,34)/b26-24-. The molecule has 3 amide bonds. The Bertz CT molecular complexity index is 1090. The normalized spacial score (nSPS) is 24.3. The molecular weight excluding hydrogens is 494 g/mol. The quantitative estimate of drug-likeness (QED) is 0.201. The summed E-state index contributed by atoms with van der Waals surface area (Å²) in [4.78, 5) is 35.8. The molecule has 1 saturated carbocycles. The topological polar surface area (TPSA) is 158 Å². The van der Waals surface area contributed by atoms with Crippen LogP contribution in [0.25, 0.3) is 0 Å². The third-order valence-electron chi connectivity index (χ3n) is 8.73. The summed E-state index contributed by atoms with van der Waals surface area (Å²) in [7, 11) is 0. The fourth-order valence-electron chi connectivity index (χ4n) is 6.47. The van der Waals surface area contributed by atoms with Crippen LogP contribution in [0.2, 0.25) is 0 Å². The first kappa shape index (κ1) is 27.1. The predicted molar refractivity (Wildman–Crippen MR) is 153 cm³/mol. The molecule has 11 heteroatoms. The van der Waals surface area contributed by atoms with Gasteiger partial charge in [-0.3, -0.25) is 4.79 Å². The van der Waals surface area contributed by atoms with E-state index in [1.807, 2.05) is 21.9 Å². The molecule has 4 fully saturated rings.